The molecule has 0 spiro atoms. The van der Waals surface area contributed by atoms with E-state index in [1.807, 2.05) is 42.5 Å². The van der Waals surface area contributed by atoms with Crippen LogP contribution in [0.4, 0.5) is 0 Å². The van der Waals surface area contributed by atoms with Gasteiger partial charge in [-0.1, -0.05) is 127 Å². The number of para-hydroxylation sites is 2. The normalized spacial score (nSPS) is 11.8. The van der Waals surface area contributed by atoms with Crippen molar-refractivity contribution in [2.24, 2.45) is 0 Å². The van der Waals surface area contributed by atoms with Crippen molar-refractivity contribution in [3.8, 4) is 45.3 Å². The molecule has 0 radical (unpaired) electrons. The fraction of sp³-hybridized carbons (Fsp3) is 0. The van der Waals surface area contributed by atoms with Crippen molar-refractivity contribution in [1.29, 1.82) is 0 Å². The van der Waals surface area contributed by atoms with Crippen LogP contribution in [-0.4, -0.2) is 15.0 Å². The number of rotatable bonds is 4. The number of furan rings is 2. The zero-order chi connectivity index (χ0) is 34.2. The van der Waals surface area contributed by atoms with Crippen molar-refractivity contribution in [2.75, 3.05) is 0 Å². The fourth-order valence-corrected chi connectivity index (χ4v) is 7.65. The lowest BCUT2D eigenvalue weighted by molar-refractivity contribution is 0.668. The number of benzene rings is 8. The Morgan fingerprint density at radius 3 is 1.88 bits per heavy atom. The zero-order valence-corrected chi connectivity index (χ0v) is 27.7. The van der Waals surface area contributed by atoms with Gasteiger partial charge < -0.3 is 8.83 Å². The largest absolute Gasteiger partial charge is 0.456 e. The summed E-state index contributed by atoms with van der Waals surface area (Å²) >= 11 is 0. The minimum absolute atomic E-state index is 0.542. The third kappa shape index (κ3) is 4.46. The Balaban J connectivity index is 1.14. The Kier molecular flexibility index (Phi) is 6.18. The molecule has 5 heteroatoms. The average molecular weight is 666 g/mol. The molecular formula is C47H27N3O2. The topological polar surface area (TPSA) is 65.0 Å². The second-order valence-corrected chi connectivity index (χ2v) is 13.2. The van der Waals surface area contributed by atoms with Gasteiger partial charge in [-0.25, -0.2) is 15.0 Å². The highest BCUT2D eigenvalue weighted by Gasteiger charge is 2.21. The van der Waals surface area contributed by atoms with Crippen LogP contribution < -0.4 is 0 Å². The number of aromatic nitrogens is 3. The van der Waals surface area contributed by atoms with Crippen molar-refractivity contribution < 1.29 is 8.83 Å². The summed E-state index contributed by atoms with van der Waals surface area (Å²) < 4.78 is 13.0. The van der Waals surface area contributed by atoms with E-state index in [-0.39, 0.29) is 0 Å². The Morgan fingerprint density at radius 2 is 0.962 bits per heavy atom. The molecule has 0 aliphatic heterocycles. The first kappa shape index (κ1) is 28.7. The van der Waals surface area contributed by atoms with Gasteiger partial charge in [-0.05, 0) is 69.1 Å². The van der Waals surface area contributed by atoms with Crippen molar-refractivity contribution >= 4 is 65.4 Å². The van der Waals surface area contributed by atoms with Gasteiger partial charge >= 0.3 is 0 Å². The third-order valence-corrected chi connectivity index (χ3v) is 10.1. The number of nitrogens with zero attached hydrogens (tertiary/aromatic N) is 3. The molecule has 0 amide bonds. The lowest BCUT2D eigenvalue weighted by Gasteiger charge is -2.10. The van der Waals surface area contributed by atoms with E-state index in [9.17, 15) is 0 Å². The van der Waals surface area contributed by atoms with E-state index in [1.54, 1.807) is 0 Å². The molecule has 52 heavy (non-hydrogen) atoms. The lowest BCUT2D eigenvalue weighted by Crippen LogP contribution is -2.00. The quantitative estimate of drug-likeness (QED) is 0.187. The molecule has 0 fully saturated rings. The van der Waals surface area contributed by atoms with Crippen LogP contribution in [0.2, 0.25) is 0 Å². The van der Waals surface area contributed by atoms with Crippen LogP contribution in [0.3, 0.4) is 0 Å². The Hall–Kier alpha value is -7.11. The van der Waals surface area contributed by atoms with E-state index in [1.165, 1.54) is 16.3 Å². The molecule has 11 aromatic rings. The predicted octanol–water partition coefficient (Wildman–Crippen LogP) is 12.6. The maximum Gasteiger partial charge on any atom is 0.167 e. The molecule has 11 rings (SSSR count). The number of hydrogen-bond acceptors (Lipinski definition) is 5. The Bertz CT molecular complexity index is 3200. The molecule has 3 heterocycles. The molecule has 5 nitrogen and oxygen atoms in total. The van der Waals surface area contributed by atoms with Crippen molar-refractivity contribution in [3.63, 3.8) is 0 Å². The van der Waals surface area contributed by atoms with Crippen LogP contribution in [-0.2, 0) is 0 Å². The average Bonchev–Trinajstić information content (AvgIpc) is 3.78. The molecule has 0 aliphatic carbocycles. The highest BCUT2D eigenvalue weighted by atomic mass is 16.3. The minimum Gasteiger partial charge on any atom is -0.456 e. The lowest BCUT2D eigenvalue weighted by atomic mass is 9.97. The first-order valence-electron chi connectivity index (χ1n) is 17.3. The molecule has 0 aliphatic rings. The summed E-state index contributed by atoms with van der Waals surface area (Å²) in [6.07, 6.45) is 0. The van der Waals surface area contributed by atoms with Crippen molar-refractivity contribution in [2.45, 2.75) is 0 Å². The van der Waals surface area contributed by atoms with Gasteiger partial charge in [0.05, 0.1) is 5.56 Å². The molecule has 0 bridgehead atoms. The van der Waals surface area contributed by atoms with E-state index in [2.05, 4.69) is 121 Å². The van der Waals surface area contributed by atoms with Gasteiger partial charge in [0.25, 0.3) is 0 Å². The van der Waals surface area contributed by atoms with Gasteiger partial charge in [-0.2, -0.15) is 0 Å². The summed E-state index contributed by atoms with van der Waals surface area (Å²) in [5.74, 6) is 1.69. The molecule has 0 saturated heterocycles. The first-order valence-corrected chi connectivity index (χ1v) is 17.3. The summed E-state index contributed by atoms with van der Waals surface area (Å²) in [5, 5.41) is 8.73. The van der Waals surface area contributed by atoms with Crippen LogP contribution in [0.5, 0.6) is 0 Å². The summed E-state index contributed by atoms with van der Waals surface area (Å²) in [6.45, 7) is 0. The summed E-state index contributed by atoms with van der Waals surface area (Å²) in [4.78, 5) is 15.5. The molecule has 3 aromatic heterocycles. The van der Waals surface area contributed by atoms with Crippen LogP contribution >= 0.6 is 0 Å². The highest BCUT2D eigenvalue weighted by Crippen LogP contribution is 2.40. The summed E-state index contributed by atoms with van der Waals surface area (Å²) in [5.41, 5.74) is 8.02. The predicted molar refractivity (Wildman–Crippen MR) is 211 cm³/mol. The summed E-state index contributed by atoms with van der Waals surface area (Å²) in [6, 6.07) is 56.4. The van der Waals surface area contributed by atoms with E-state index in [4.69, 9.17) is 23.8 Å². The Morgan fingerprint density at radius 1 is 0.327 bits per heavy atom. The van der Waals surface area contributed by atoms with E-state index >= 15 is 0 Å². The fourth-order valence-electron chi connectivity index (χ4n) is 7.65. The van der Waals surface area contributed by atoms with Crippen molar-refractivity contribution in [3.05, 3.63) is 164 Å². The zero-order valence-electron chi connectivity index (χ0n) is 27.7. The minimum atomic E-state index is 0.542. The summed E-state index contributed by atoms with van der Waals surface area (Å²) in [7, 11) is 0. The van der Waals surface area contributed by atoms with E-state index in [0.717, 1.165) is 76.9 Å². The number of hydrogen-bond donors (Lipinski definition) is 0. The van der Waals surface area contributed by atoms with Crippen LogP contribution in [0.15, 0.2) is 173 Å². The SMILES string of the molecule is c1ccc2cc(-c3nc(-c4cccc5c4oc4ccccc45)nc(-c4cccc5oc6cc(-c7cccc8ccccc78)ccc6c45)n3)ccc2c1. The van der Waals surface area contributed by atoms with E-state index in [0.29, 0.717) is 17.5 Å². The molecule has 242 valence electrons. The van der Waals surface area contributed by atoms with Crippen molar-refractivity contribution in [1.82, 2.24) is 15.0 Å². The van der Waals surface area contributed by atoms with E-state index < -0.39 is 0 Å². The van der Waals surface area contributed by atoms with Gasteiger partial charge in [-0.3, -0.25) is 0 Å². The smallest absolute Gasteiger partial charge is 0.167 e. The van der Waals surface area contributed by atoms with Gasteiger partial charge in [0.15, 0.2) is 17.5 Å². The van der Waals surface area contributed by atoms with Crippen LogP contribution in [0.1, 0.15) is 0 Å². The standard InChI is InChI=1S/C47H27N3O2/c1-2-12-30-26-32(23-22-28(30)10-1)45-48-46(50-47(49-45)39-19-8-17-36-35-15-5-6-20-40(35)52-44(36)39)38-18-9-21-41-43(38)37-25-24-31(27-42(37)51-41)34-16-7-13-29-11-3-4-14-33(29)34/h1-27H. The first-order chi connectivity index (χ1) is 25.7. The Labute approximate surface area is 297 Å². The van der Waals surface area contributed by atoms with Gasteiger partial charge in [0.1, 0.15) is 22.3 Å². The van der Waals surface area contributed by atoms with Crippen LogP contribution in [0.25, 0.3) is 111 Å². The molecular weight excluding hydrogens is 639 g/mol. The molecule has 0 atom stereocenters. The molecule has 0 N–H and O–H groups in total. The van der Waals surface area contributed by atoms with Gasteiger partial charge in [-0.15, -0.1) is 0 Å². The maximum absolute atomic E-state index is 6.57. The molecule has 0 unspecified atom stereocenters. The monoisotopic (exact) mass is 665 g/mol. The van der Waals surface area contributed by atoms with Crippen LogP contribution in [0, 0.1) is 0 Å². The second kappa shape index (κ2) is 11.2. The number of fused-ring (bicyclic) bond motifs is 8. The third-order valence-electron chi connectivity index (χ3n) is 10.1. The highest BCUT2D eigenvalue weighted by molar-refractivity contribution is 6.13. The van der Waals surface area contributed by atoms with Gasteiger partial charge in [0.2, 0.25) is 0 Å². The van der Waals surface area contributed by atoms with Gasteiger partial charge in [0, 0.05) is 32.7 Å². The molecule has 8 aromatic carbocycles. The maximum atomic E-state index is 6.57. The second-order valence-electron chi connectivity index (χ2n) is 13.2. The molecule has 0 saturated carbocycles.